The van der Waals surface area contributed by atoms with E-state index in [0.717, 1.165) is 12.5 Å². The molecule has 0 aliphatic carbocycles. The van der Waals surface area contributed by atoms with E-state index in [4.69, 9.17) is 10.8 Å². The average molecular weight is 407 g/mol. The quantitative estimate of drug-likeness (QED) is 0.444. The number of nitrogens with one attached hydrogen (secondary N) is 1. The Morgan fingerprint density at radius 2 is 1.68 bits per heavy atom. The summed E-state index contributed by atoms with van der Waals surface area (Å²) in [4.78, 5) is 16.0. The summed E-state index contributed by atoms with van der Waals surface area (Å²) in [5, 5.41) is 11.3. The van der Waals surface area contributed by atoms with E-state index in [2.05, 4.69) is 15.1 Å². The maximum atomic E-state index is 12.6. The maximum Gasteiger partial charge on any atom is 0.435 e. The minimum atomic E-state index is -4.96. The molecular formula is C15H11F6N5O2. The first-order valence-electron chi connectivity index (χ1n) is 7.22. The molecule has 0 aliphatic heterocycles. The predicted molar refractivity (Wildman–Crippen MR) is 83.5 cm³/mol. The zero-order chi connectivity index (χ0) is 21.1. The Balaban J connectivity index is 0.000000237. The van der Waals surface area contributed by atoms with Crippen molar-refractivity contribution in [2.75, 3.05) is 5.73 Å². The zero-order valence-corrected chi connectivity index (χ0v) is 13.6. The van der Waals surface area contributed by atoms with E-state index < -0.39 is 29.7 Å². The summed E-state index contributed by atoms with van der Waals surface area (Å²) in [6.07, 6.45) is -7.89. The second-order valence-electron chi connectivity index (χ2n) is 5.18. The third kappa shape index (κ3) is 5.02. The third-order valence-electron chi connectivity index (χ3n) is 3.15. The van der Waals surface area contributed by atoms with Gasteiger partial charge < -0.3 is 15.8 Å². The number of benzene rings is 1. The number of rotatable bonds is 2. The van der Waals surface area contributed by atoms with Crippen LogP contribution in [0.15, 0.2) is 42.9 Å². The Hall–Kier alpha value is -3.51. The van der Waals surface area contributed by atoms with E-state index in [0.29, 0.717) is 5.69 Å². The van der Waals surface area contributed by atoms with Crippen LogP contribution in [0.4, 0.5) is 32.0 Å². The van der Waals surface area contributed by atoms with Gasteiger partial charge in [-0.15, -0.1) is 0 Å². The molecule has 0 saturated heterocycles. The topological polar surface area (TPSA) is 110 Å². The first-order chi connectivity index (χ1) is 12.9. The summed E-state index contributed by atoms with van der Waals surface area (Å²) < 4.78 is 74.8. The summed E-state index contributed by atoms with van der Waals surface area (Å²) in [5.74, 6) is -1.31. The number of H-pyrrole nitrogens is 1. The fraction of sp³-hybridized carbons (Fsp3) is 0.133. The Morgan fingerprint density at radius 3 is 2.11 bits per heavy atom. The van der Waals surface area contributed by atoms with Crippen LogP contribution in [-0.4, -0.2) is 30.8 Å². The van der Waals surface area contributed by atoms with Crippen molar-refractivity contribution in [2.24, 2.45) is 0 Å². The second-order valence-corrected chi connectivity index (χ2v) is 5.18. The molecule has 1 aromatic carbocycles. The highest BCUT2D eigenvalue weighted by molar-refractivity contribution is 5.87. The van der Waals surface area contributed by atoms with Crippen LogP contribution in [-0.2, 0) is 12.4 Å². The van der Waals surface area contributed by atoms with Crippen LogP contribution in [0.1, 0.15) is 21.7 Å². The minimum Gasteiger partial charge on any atom is -0.478 e. The average Bonchev–Trinajstić information content (AvgIpc) is 3.24. The van der Waals surface area contributed by atoms with E-state index >= 15 is 0 Å². The number of aromatic amines is 1. The Labute approximate surface area is 152 Å². The van der Waals surface area contributed by atoms with Crippen LogP contribution in [0.3, 0.4) is 0 Å². The molecule has 0 fully saturated rings. The van der Waals surface area contributed by atoms with Crippen molar-refractivity contribution in [3.05, 3.63) is 59.8 Å². The highest BCUT2D eigenvalue weighted by Gasteiger charge is 2.42. The van der Waals surface area contributed by atoms with Gasteiger partial charge in [-0.3, -0.25) is 0 Å². The molecule has 2 aromatic heterocycles. The highest BCUT2D eigenvalue weighted by atomic mass is 19.4. The smallest absolute Gasteiger partial charge is 0.435 e. The Morgan fingerprint density at radius 1 is 1.07 bits per heavy atom. The van der Waals surface area contributed by atoms with E-state index in [1.165, 1.54) is 12.1 Å². The van der Waals surface area contributed by atoms with Crippen LogP contribution < -0.4 is 5.73 Å². The fourth-order valence-electron chi connectivity index (χ4n) is 1.89. The van der Waals surface area contributed by atoms with E-state index in [1.807, 2.05) is 0 Å². The highest BCUT2D eigenvalue weighted by Crippen LogP contribution is 2.35. The number of nitrogens with two attached hydrogens (primary N) is 1. The molecule has 7 nitrogen and oxygen atoms in total. The van der Waals surface area contributed by atoms with Crippen LogP contribution in [0.5, 0.6) is 0 Å². The standard InChI is InChI=1S/C8H4F6N4.C7H7NO2/c9-7(10,11)4-1-5(8(12,13)14)18(17-4)6-2-15-3-16-6;8-6-3-1-5(2-4-6)7(9)10/h1-3H,(H,15,16);1-4H,8H2,(H,9,10). The number of nitrogens with zero attached hydrogens (tertiary/aromatic N) is 3. The monoisotopic (exact) mass is 407 g/mol. The molecule has 2 heterocycles. The molecule has 0 saturated carbocycles. The van der Waals surface area contributed by atoms with Crippen molar-refractivity contribution < 1.29 is 36.2 Å². The first-order valence-corrected chi connectivity index (χ1v) is 7.22. The number of imidazole rings is 1. The number of halogens is 6. The molecule has 0 spiro atoms. The molecule has 150 valence electrons. The van der Waals surface area contributed by atoms with Crippen molar-refractivity contribution >= 4 is 11.7 Å². The van der Waals surface area contributed by atoms with Gasteiger partial charge in [-0.25, -0.2) is 14.5 Å². The number of hydrogen-bond acceptors (Lipinski definition) is 4. The summed E-state index contributed by atoms with van der Waals surface area (Å²) in [5.41, 5.74) is 3.00. The van der Waals surface area contributed by atoms with Crippen molar-refractivity contribution in [2.45, 2.75) is 12.4 Å². The second kappa shape index (κ2) is 7.62. The molecule has 4 N–H and O–H groups in total. The molecule has 0 bridgehead atoms. The zero-order valence-electron chi connectivity index (χ0n) is 13.6. The van der Waals surface area contributed by atoms with Crippen molar-refractivity contribution in [3.8, 4) is 5.82 Å². The number of alkyl halides is 6. The van der Waals surface area contributed by atoms with Gasteiger partial charge in [0.1, 0.15) is 0 Å². The number of anilines is 1. The van der Waals surface area contributed by atoms with Gasteiger partial charge in [0.05, 0.1) is 11.9 Å². The number of aromatic carboxylic acids is 1. The van der Waals surface area contributed by atoms with Gasteiger partial charge in [0, 0.05) is 18.0 Å². The summed E-state index contributed by atoms with van der Waals surface area (Å²) in [7, 11) is 0. The van der Waals surface area contributed by atoms with Gasteiger partial charge in [0.2, 0.25) is 0 Å². The van der Waals surface area contributed by atoms with Crippen LogP contribution in [0.2, 0.25) is 0 Å². The SMILES string of the molecule is FC(F)(F)c1cc(C(F)(F)F)n(-c2c[nH]cn2)n1.Nc1ccc(C(=O)O)cc1. The molecule has 0 atom stereocenters. The lowest BCUT2D eigenvalue weighted by Gasteiger charge is -2.06. The van der Waals surface area contributed by atoms with Crippen LogP contribution in [0.25, 0.3) is 5.82 Å². The lowest BCUT2D eigenvalue weighted by Crippen LogP contribution is -2.13. The number of nitrogen functional groups attached to an aromatic ring is 1. The molecule has 3 aromatic rings. The van der Waals surface area contributed by atoms with Crippen molar-refractivity contribution in [1.29, 1.82) is 0 Å². The molecule has 3 rings (SSSR count). The van der Waals surface area contributed by atoms with Gasteiger partial charge in [0.25, 0.3) is 0 Å². The van der Waals surface area contributed by atoms with Gasteiger partial charge in [-0.05, 0) is 24.3 Å². The summed E-state index contributed by atoms with van der Waals surface area (Å²) in [6, 6.07) is 6.00. The van der Waals surface area contributed by atoms with Gasteiger partial charge >= 0.3 is 18.3 Å². The summed E-state index contributed by atoms with van der Waals surface area (Å²) in [6.45, 7) is 0. The summed E-state index contributed by atoms with van der Waals surface area (Å²) >= 11 is 0. The molecule has 0 unspecified atom stereocenters. The molecule has 28 heavy (non-hydrogen) atoms. The maximum absolute atomic E-state index is 12.6. The molecule has 0 radical (unpaired) electrons. The number of carbonyl (C=O) groups is 1. The van der Waals surface area contributed by atoms with Crippen molar-refractivity contribution in [1.82, 2.24) is 19.7 Å². The van der Waals surface area contributed by atoms with Gasteiger partial charge in [-0.1, -0.05) is 0 Å². The third-order valence-corrected chi connectivity index (χ3v) is 3.15. The van der Waals surface area contributed by atoms with E-state index in [9.17, 15) is 31.1 Å². The molecule has 13 heteroatoms. The largest absolute Gasteiger partial charge is 0.478 e. The predicted octanol–water partition coefficient (Wildman–Crippen LogP) is 3.60. The van der Waals surface area contributed by atoms with Crippen molar-refractivity contribution in [3.63, 3.8) is 0 Å². The molecular weight excluding hydrogens is 396 g/mol. The minimum absolute atomic E-state index is 0.0608. The normalized spacial score (nSPS) is 11.6. The lowest BCUT2D eigenvalue weighted by molar-refractivity contribution is -0.143. The van der Waals surface area contributed by atoms with Crippen LogP contribution >= 0.6 is 0 Å². The number of carboxylic acid groups (broad SMARTS) is 1. The van der Waals surface area contributed by atoms with Gasteiger partial charge in [-0.2, -0.15) is 31.4 Å². The van der Waals surface area contributed by atoms with E-state index in [1.54, 1.807) is 12.1 Å². The number of aromatic nitrogens is 4. The number of hydrogen-bond donors (Lipinski definition) is 3. The lowest BCUT2D eigenvalue weighted by atomic mass is 10.2. The van der Waals surface area contributed by atoms with Crippen LogP contribution in [0, 0.1) is 0 Å². The fourth-order valence-corrected chi connectivity index (χ4v) is 1.89. The van der Waals surface area contributed by atoms with Gasteiger partial charge in [0.15, 0.2) is 17.2 Å². The Kier molecular flexibility index (Phi) is 5.66. The number of carboxylic acids is 1. The van der Waals surface area contributed by atoms with E-state index in [-0.39, 0.29) is 22.1 Å². The molecule has 0 amide bonds. The first kappa shape index (κ1) is 20.8. The Bertz CT molecular complexity index is 929. The molecule has 0 aliphatic rings.